The molecule has 0 saturated carbocycles. The number of piperidine rings is 1. The van der Waals surface area contributed by atoms with E-state index in [1.54, 1.807) is 0 Å². The number of aliphatic imine (C=N–C) groups is 1. The van der Waals surface area contributed by atoms with E-state index in [2.05, 4.69) is 61.9 Å². The first-order valence-corrected chi connectivity index (χ1v) is 13.5. The van der Waals surface area contributed by atoms with Crippen molar-refractivity contribution in [2.75, 3.05) is 37.6 Å². The number of fused-ring (bicyclic) bond motifs is 1. The van der Waals surface area contributed by atoms with E-state index >= 15 is 0 Å². The molecule has 200 valence electrons. The Kier molecular flexibility index (Phi) is 7.03. The number of aromatic nitrogens is 3. The van der Waals surface area contributed by atoms with Crippen LogP contribution in [0.15, 0.2) is 23.3 Å². The quantitative estimate of drug-likeness (QED) is 0.238. The van der Waals surface area contributed by atoms with Gasteiger partial charge in [-0.1, -0.05) is 6.07 Å². The summed E-state index contributed by atoms with van der Waals surface area (Å²) in [6.45, 7) is 6.47. The van der Waals surface area contributed by atoms with E-state index in [1.165, 1.54) is 22.1 Å². The number of carbonyl (C=O) groups is 2. The maximum atomic E-state index is 12.8. The van der Waals surface area contributed by atoms with Crippen LogP contribution in [0.3, 0.4) is 0 Å². The van der Waals surface area contributed by atoms with Crippen LogP contribution in [0, 0.1) is 17.5 Å². The van der Waals surface area contributed by atoms with Crippen molar-refractivity contribution in [1.82, 2.24) is 35.8 Å². The molecule has 4 heterocycles. The standard InChI is InChI=1S/C25H31IN10O2/c1-13-9-14(2)17-15(11-30-16(17)10-13)3-6-29-24(38)36-7-4-25(5-8-36)12-31-23(35-25)34-22(37)18-20(27)33-21(28)19(26)32-18/h9-11,30H,3-8,12H2,1-2H3,(H,29,38)(H4,27,28,33)(H2,31,34,35,37). The van der Waals surface area contributed by atoms with Crippen LogP contribution in [0.25, 0.3) is 10.9 Å². The van der Waals surface area contributed by atoms with Gasteiger partial charge >= 0.3 is 6.03 Å². The van der Waals surface area contributed by atoms with Crippen molar-refractivity contribution in [1.29, 1.82) is 0 Å². The highest BCUT2D eigenvalue weighted by atomic mass is 127. The summed E-state index contributed by atoms with van der Waals surface area (Å²) >= 11 is 1.90. The highest BCUT2D eigenvalue weighted by molar-refractivity contribution is 14.1. The second kappa shape index (κ2) is 10.3. The average molecular weight is 630 g/mol. The molecule has 1 aromatic carbocycles. The number of nitrogens with one attached hydrogen (secondary N) is 4. The summed E-state index contributed by atoms with van der Waals surface area (Å²) in [6.07, 6.45) is 4.22. The second-order valence-corrected chi connectivity index (χ2v) is 11.0. The van der Waals surface area contributed by atoms with Crippen molar-refractivity contribution in [3.63, 3.8) is 0 Å². The van der Waals surface area contributed by atoms with Gasteiger partial charge in [0.2, 0.25) is 0 Å². The number of amides is 3. The molecule has 2 aromatic heterocycles. The summed E-state index contributed by atoms with van der Waals surface area (Å²) in [5.41, 5.74) is 16.0. The van der Waals surface area contributed by atoms with E-state index in [-0.39, 0.29) is 28.9 Å². The first kappa shape index (κ1) is 26.0. The van der Waals surface area contributed by atoms with Gasteiger partial charge in [-0.05, 0) is 78.5 Å². The van der Waals surface area contributed by atoms with Gasteiger partial charge in [-0.3, -0.25) is 15.1 Å². The van der Waals surface area contributed by atoms with Gasteiger partial charge in [-0.25, -0.2) is 14.8 Å². The molecule has 2 aliphatic rings. The number of aryl methyl sites for hydroxylation is 2. The van der Waals surface area contributed by atoms with Crippen molar-refractivity contribution in [3.05, 3.63) is 44.4 Å². The molecule has 0 radical (unpaired) electrons. The average Bonchev–Trinajstić information content (AvgIpc) is 3.45. The minimum atomic E-state index is -0.506. The number of anilines is 2. The molecule has 0 bridgehead atoms. The second-order valence-electron chi connectivity index (χ2n) is 9.95. The normalized spacial score (nSPS) is 16.4. The number of halogens is 1. The van der Waals surface area contributed by atoms with Crippen LogP contribution in [0.2, 0.25) is 0 Å². The van der Waals surface area contributed by atoms with E-state index in [0.29, 0.717) is 48.7 Å². The number of likely N-dealkylation sites (tertiary alicyclic amines) is 1. The smallest absolute Gasteiger partial charge is 0.317 e. The van der Waals surface area contributed by atoms with E-state index in [4.69, 9.17) is 11.5 Å². The zero-order valence-electron chi connectivity index (χ0n) is 21.3. The number of hydrogen-bond donors (Lipinski definition) is 6. The van der Waals surface area contributed by atoms with Gasteiger partial charge in [0.15, 0.2) is 23.3 Å². The molecule has 3 aromatic rings. The monoisotopic (exact) mass is 630 g/mol. The molecule has 0 aliphatic carbocycles. The Balaban J connectivity index is 1.10. The van der Waals surface area contributed by atoms with Crippen LogP contribution >= 0.6 is 22.6 Å². The Bertz CT molecular complexity index is 1440. The van der Waals surface area contributed by atoms with Crippen LogP contribution in [0.5, 0.6) is 0 Å². The van der Waals surface area contributed by atoms with Crippen LogP contribution < -0.4 is 27.4 Å². The topological polar surface area (TPSA) is 179 Å². The van der Waals surface area contributed by atoms with Crippen molar-refractivity contribution in [2.45, 2.75) is 38.6 Å². The number of hydrogen-bond acceptors (Lipinski definition) is 8. The molecule has 38 heavy (non-hydrogen) atoms. The predicted molar refractivity (Wildman–Crippen MR) is 155 cm³/mol. The minimum Gasteiger partial charge on any atom is -0.382 e. The van der Waals surface area contributed by atoms with Gasteiger partial charge < -0.3 is 32.0 Å². The first-order valence-electron chi connectivity index (χ1n) is 12.5. The number of H-pyrrole nitrogens is 1. The number of aromatic amines is 1. The highest BCUT2D eigenvalue weighted by Crippen LogP contribution is 2.27. The third-order valence-electron chi connectivity index (χ3n) is 7.16. The summed E-state index contributed by atoms with van der Waals surface area (Å²) in [5, 5.41) is 10.4. The van der Waals surface area contributed by atoms with Crippen LogP contribution in [0.4, 0.5) is 16.4 Å². The van der Waals surface area contributed by atoms with Crippen molar-refractivity contribution >= 4 is 63.0 Å². The zero-order valence-corrected chi connectivity index (χ0v) is 23.5. The van der Waals surface area contributed by atoms with Gasteiger partial charge in [-0.15, -0.1) is 0 Å². The SMILES string of the molecule is Cc1cc(C)c2c(CCNC(=O)N3CCC4(CC3)CN=C(NC(=O)c3nc(I)c(N)nc3N)N4)c[nH]c2c1. The predicted octanol–water partition coefficient (Wildman–Crippen LogP) is 1.82. The number of nitrogen functional groups attached to an aromatic ring is 2. The lowest BCUT2D eigenvalue weighted by Crippen LogP contribution is -2.58. The Morgan fingerprint density at radius 1 is 1.16 bits per heavy atom. The fourth-order valence-electron chi connectivity index (χ4n) is 5.19. The molecule has 12 nitrogen and oxygen atoms in total. The largest absolute Gasteiger partial charge is 0.382 e. The first-order chi connectivity index (χ1) is 18.1. The lowest BCUT2D eigenvalue weighted by atomic mass is 9.88. The summed E-state index contributed by atoms with van der Waals surface area (Å²) in [4.78, 5) is 43.2. The fourth-order valence-corrected chi connectivity index (χ4v) is 5.55. The van der Waals surface area contributed by atoms with Crippen molar-refractivity contribution in [2.24, 2.45) is 4.99 Å². The van der Waals surface area contributed by atoms with Gasteiger partial charge in [-0.2, -0.15) is 0 Å². The number of urea groups is 1. The third kappa shape index (κ3) is 5.19. The van der Waals surface area contributed by atoms with E-state index < -0.39 is 5.91 Å². The van der Waals surface area contributed by atoms with E-state index in [0.717, 1.165) is 11.9 Å². The van der Waals surface area contributed by atoms with Gasteiger partial charge in [0.05, 0.1) is 12.1 Å². The lowest BCUT2D eigenvalue weighted by Gasteiger charge is -2.39. The van der Waals surface area contributed by atoms with Gasteiger partial charge in [0, 0.05) is 36.7 Å². The molecule has 5 rings (SSSR count). The molecule has 1 spiro atoms. The maximum Gasteiger partial charge on any atom is 0.317 e. The van der Waals surface area contributed by atoms with Crippen LogP contribution in [-0.2, 0) is 6.42 Å². The van der Waals surface area contributed by atoms with Crippen LogP contribution in [0.1, 0.15) is 40.0 Å². The molecular weight excluding hydrogens is 599 g/mol. The zero-order chi connectivity index (χ0) is 27.0. The fraction of sp³-hybridized carbons (Fsp3) is 0.400. The Morgan fingerprint density at radius 3 is 2.68 bits per heavy atom. The number of benzene rings is 1. The number of nitrogens with two attached hydrogens (primary N) is 2. The summed E-state index contributed by atoms with van der Waals surface area (Å²) in [6, 6.07) is 4.27. The lowest BCUT2D eigenvalue weighted by molar-refractivity contribution is 0.0971. The molecular formula is C25H31IN10O2. The maximum absolute atomic E-state index is 12.8. The van der Waals surface area contributed by atoms with E-state index in [1.807, 2.05) is 33.7 Å². The molecule has 1 saturated heterocycles. The van der Waals surface area contributed by atoms with E-state index in [9.17, 15) is 9.59 Å². The number of nitrogens with zero attached hydrogens (tertiary/aromatic N) is 4. The van der Waals surface area contributed by atoms with Crippen molar-refractivity contribution < 1.29 is 9.59 Å². The molecule has 13 heteroatoms. The Morgan fingerprint density at radius 2 is 1.92 bits per heavy atom. The summed E-state index contributed by atoms with van der Waals surface area (Å²) in [5.74, 6) is -0.00412. The molecule has 2 aliphatic heterocycles. The van der Waals surface area contributed by atoms with Crippen molar-refractivity contribution in [3.8, 4) is 0 Å². The highest BCUT2D eigenvalue weighted by Gasteiger charge is 2.40. The minimum absolute atomic E-state index is 0.00143. The Hall–Kier alpha value is -3.62. The van der Waals surface area contributed by atoms with Crippen LogP contribution in [-0.4, -0.2) is 69.5 Å². The molecule has 0 atom stereocenters. The number of guanidine groups is 1. The number of carbonyl (C=O) groups excluding carboxylic acids is 2. The molecule has 0 unspecified atom stereocenters. The summed E-state index contributed by atoms with van der Waals surface area (Å²) in [7, 11) is 0. The molecule has 8 N–H and O–H groups in total. The van der Waals surface area contributed by atoms with Gasteiger partial charge in [0.25, 0.3) is 5.91 Å². The summed E-state index contributed by atoms with van der Waals surface area (Å²) < 4.78 is 0.400. The third-order valence-corrected chi connectivity index (χ3v) is 7.95. The number of rotatable bonds is 4. The van der Waals surface area contributed by atoms with Gasteiger partial charge in [0.1, 0.15) is 3.70 Å². The Labute approximate surface area is 233 Å². The molecule has 1 fully saturated rings. The molecule has 3 amide bonds.